The molecule has 2 N–H and O–H groups in total. The third-order valence-electron chi connectivity index (χ3n) is 9.45. The first-order valence-corrected chi connectivity index (χ1v) is 10.6. The Balaban J connectivity index is 1.52. The molecule has 1 saturated heterocycles. The molecule has 5 rings (SSSR count). The predicted molar refractivity (Wildman–Crippen MR) is 98.4 cm³/mol. The highest BCUT2D eigenvalue weighted by Crippen LogP contribution is 2.69. The zero-order chi connectivity index (χ0) is 19.1. The number of nitrogens with zero attached hydrogens (tertiary/aromatic N) is 1. The lowest BCUT2D eigenvalue weighted by atomic mass is 9.44. The lowest BCUT2D eigenvalue weighted by Crippen LogP contribution is -2.65. The van der Waals surface area contributed by atoms with Gasteiger partial charge in [-0.1, -0.05) is 25.5 Å². The minimum absolute atomic E-state index is 0.104. The zero-order valence-electron chi connectivity index (χ0n) is 16.5. The minimum Gasteiger partial charge on any atom is -0.389 e. The number of hydrogen-bond donors (Lipinski definition) is 2. The van der Waals surface area contributed by atoms with Crippen molar-refractivity contribution in [2.24, 2.45) is 22.7 Å². The van der Waals surface area contributed by atoms with Gasteiger partial charge >= 0.3 is 0 Å². The summed E-state index contributed by atoms with van der Waals surface area (Å²) in [4.78, 5) is 0. The van der Waals surface area contributed by atoms with Crippen LogP contribution in [0.4, 0.5) is 0 Å². The van der Waals surface area contributed by atoms with E-state index in [1.54, 1.807) is 0 Å². The molecule has 4 fully saturated rings. The predicted octanol–water partition coefficient (Wildman–Crippen LogP) is 3.06. The van der Waals surface area contributed by atoms with Gasteiger partial charge in [-0.2, -0.15) is 5.26 Å². The van der Waals surface area contributed by atoms with Crippen LogP contribution in [0.2, 0.25) is 0 Å². The molecule has 27 heavy (non-hydrogen) atoms. The topological polar surface area (TPSA) is 82.7 Å². The van der Waals surface area contributed by atoms with E-state index in [9.17, 15) is 15.5 Å². The van der Waals surface area contributed by atoms with E-state index in [4.69, 9.17) is 9.47 Å². The van der Waals surface area contributed by atoms with Crippen molar-refractivity contribution in [2.45, 2.75) is 82.2 Å². The van der Waals surface area contributed by atoms with E-state index in [0.717, 1.165) is 32.1 Å². The molecule has 0 aromatic carbocycles. The van der Waals surface area contributed by atoms with Crippen LogP contribution in [0.25, 0.3) is 0 Å². The van der Waals surface area contributed by atoms with Crippen LogP contribution in [-0.4, -0.2) is 40.4 Å². The molecule has 148 valence electrons. The number of fused-ring (bicyclic) bond motifs is 5. The van der Waals surface area contributed by atoms with Crippen LogP contribution in [0.3, 0.4) is 0 Å². The molecule has 0 bridgehead atoms. The van der Waals surface area contributed by atoms with Crippen LogP contribution in [-0.2, 0) is 9.47 Å². The van der Waals surface area contributed by atoms with Crippen LogP contribution < -0.4 is 0 Å². The van der Waals surface area contributed by atoms with Crippen molar-refractivity contribution < 1.29 is 19.7 Å². The first-order chi connectivity index (χ1) is 12.7. The number of ether oxygens (including phenoxy) is 2. The van der Waals surface area contributed by atoms with E-state index < -0.39 is 22.4 Å². The molecule has 1 aliphatic heterocycles. The second kappa shape index (κ2) is 5.36. The second-order valence-electron chi connectivity index (χ2n) is 10.1. The average Bonchev–Trinajstić information content (AvgIpc) is 3.21. The van der Waals surface area contributed by atoms with Gasteiger partial charge in [0.05, 0.1) is 24.9 Å². The van der Waals surface area contributed by atoms with Gasteiger partial charge in [-0.25, -0.2) is 0 Å². The molecular formula is C22H31NO4. The van der Waals surface area contributed by atoms with Gasteiger partial charge < -0.3 is 19.7 Å². The Morgan fingerprint density at radius 3 is 2.48 bits per heavy atom. The lowest BCUT2D eigenvalue weighted by Gasteiger charge is -2.63. The van der Waals surface area contributed by atoms with Crippen LogP contribution in [0, 0.1) is 34.0 Å². The summed E-state index contributed by atoms with van der Waals surface area (Å²) < 4.78 is 11.9. The van der Waals surface area contributed by atoms with E-state index in [1.165, 1.54) is 5.57 Å². The zero-order valence-corrected chi connectivity index (χ0v) is 16.5. The Morgan fingerprint density at radius 1 is 1.04 bits per heavy atom. The van der Waals surface area contributed by atoms with Crippen molar-refractivity contribution >= 4 is 0 Å². The standard InChI is InChI=1S/C22H31NO4/c1-18-7-9-21(26-11-12-27-21)13-15(18)3-4-17-16-5-6-20(24,14-23)19(16,2)8-10-22(17,18)25/h3,16-17,24-25H,4-13H2,1-2H3. The second-order valence-corrected chi connectivity index (χ2v) is 10.1. The molecule has 1 spiro atoms. The molecule has 5 heteroatoms. The van der Waals surface area contributed by atoms with Gasteiger partial charge in [0, 0.05) is 23.7 Å². The van der Waals surface area contributed by atoms with E-state index in [0.29, 0.717) is 32.5 Å². The summed E-state index contributed by atoms with van der Waals surface area (Å²) in [6, 6.07) is 2.21. The normalized spacial score (nSPS) is 53.2. The molecule has 0 amide bonds. The fraction of sp³-hybridized carbons (Fsp3) is 0.864. The van der Waals surface area contributed by atoms with Gasteiger partial charge in [-0.15, -0.1) is 0 Å². The first-order valence-electron chi connectivity index (χ1n) is 10.6. The number of rotatable bonds is 0. The van der Waals surface area contributed by atoms with Crippen molar-refractivity contribution in [2.75, 3.05) is 13.2 Å². The Labute approximate surface area is 161 Å². The highest BCUT2D eigenvalue weighted by Gasteiger charge is 2.69. The fourth-order valence-electron chi connectivity index (χ4n) is 7.49. The van der Waals surface area contributed by atoms with Crippen LogP contribution >= 0.6 is 0 Å². The summed E-state index contributed by atoms with van der Waals surface area (Å²) in [7, 11) is 0. The maximum atomic E-state index is 12.1. The summed E-state index contributed by atoms with van der Waals surface area (Å²) >= 11 is 0. The quantitative estimate of drug-likeness (QED) is 0.504. The van der Waals surface area contributed by atoms with Crippen molar-refractivity contribution in [3.8, 4) is 6.07 Å². The molecule has 6 unspecified atom stereocenters. The van der Waals surface area contributed by atoms with E-state index in [1.807, 2.05) is 0 Å². The smallest absolute Gasteiger partial charge is 0.172 e. The van der Waals surface area contributed by atoms with Gasteiger partial charge in [0.2, 0.25) is 0 Å². The molecular weight excluding hydrogens is 342 g/mol. The van der Waals surface area contributed by atoms with Gasteiger partial charge in [0.1, 0.15) is 0 Å². The van der Waals surface area contributed by atoms with E-state index in [2.05, 4.69) is 26.0 Å². The van der Waals surface area contributed by atoms with Crippen molar-refractivity contribution in [3.63, 3.8) is 0 Å². The average molecular weight is 373 g/mol. The lowest BCUT2D eigenvalue weighted by molar-refractivity contribution is -0.227. The first kappa shape index (κ1) is 18.1. The summed E-state index contributed by atoms with van der Waals surface area (Å²) in [5.74, 6) is -0.191. The van der Waals surface area contributed by atoms with Gasteiger partial charge in [-0.05, 0) is 50.4 Å². The van der Waals surface area contributed by atoms with Crippen LogP contribution in [0.1, 0.15) is 65.2 Å². The van der Waals surface area contributed by atoms with E-state index in [-0.39, 0.29) is 17.3 Å². The molecule has 3 saturated carbocycles. The molecule has 0 aromatic rings. The third kappa shape index (κ3) is 2.03. The highest BCUT2D eigenvalue weighted by molar-refractivity contribution is 5.33. The number of allylic oxidation sites excluding steroid dienone is 1. The molecule has 0 aromatic heterocycles. The van der Waals surface area contributed by atoms with Crippen LogP contribution in [0.5, 0.6) is 0 Å². The molecule has 0 radical (unpaired) electrons. The Hall–Kier alpha value is -0.930. The minimum atomic E-state index is -1.26. The molecule has 4 aliphatic carbocycles. The maximum Gasteiger partial charge on any atom is 0.172 e. The van der Waals surface area contributed by atoms with Crippen molar-refractivity contribution in [1.82, 2.24) is 0 Å². The fourth-order valence-corrected chi connectivity index (χ4v) is 7.49. The number of aliphatic hydroxyl groups is 2. The Bertz CT molecular complexity index is 737. The summed E-state index contributed by atoms with van der Waals surface area (Å²) in [6.45, 7) is 5.61. The Morgan fingerprint density at radius 2 is 1.78 bits per heavy atom. The maximum absolute atomic E-state index is 12.1. The van der Waals surface area contributed by atoms with Gasteiger partial charge in [-0.3, -0.25) is 0 Å². The number of hydrogen-bond acceptors (Lipinski definition) is 5. The van der Waals surface area contributed by atoms with Crippen molar-refractivity contribution in [3.05, 3.63) is 11.6 Å². The number of nitriles is 1. The third-order valence-corrected chi connectivity index (χ3v) is 9.45. The van der Waals surface area contributed by atoms with Gasteiger partial charge in [0.25, 0.3) is 0 Å². The monoisotopic (exact) mass is 373 g/mol. The highest BCUT2D eigenvalue weighted by atomic mass is 16.7. The molecule has 5 nitrogen and oxygen atoms in total. The molecule has 5 aliphatic rings. The summed E-state index contributed by atoms with van der Waals surface area (Å²) in [6.07, 6.45) is 8.27. The summed E-state index contributed by atoms with van der Waals surface area (Å²) in [5.41, 5.74) is -1.45. The molecule has 6 atom stereocenters. The largest absolute Gasteiger partial charge is 0.389 e. The van der Waals surface area contributed by atoms with Gasteiger partial charge in [0.15, 0.2) is 11.4 Å². The molecule has 1 heterocycles. The SMILES string of the molecule is CC12CCC3(CC1=CCC1C4CCC(O)(C#N)C4(C)CCC12O)OCCO3. The van der Waals surface area contributed by atoms with Crippen LogP contribution in [0.15, 0.2) is 11.6 Å². The van der Waals surface area contributed by atoms with Crippen molar-refractivity contribution in [1.29, 1.82) is 5.26 Å². The summed E-state index contributed by atoms with van der Waals surface area (Å²) in [5, 5.41) is 32.7. The van der Waals surface area contributed by atoms with E-state index >= 15 is 0 Å². The Kier molecular flexibility index (Phi) is 3.60.